The number of rotatable bonds is 4. The van der Waals surface area contributed by atoms with Crippen LogP contribution in [0.2, 0.25) is 0 Å². The summed E-state index contributed by atoms with van der Waals surface area (Å²) in [6, 6.07) is 4.32. The molecule has 0 aliphatic carbocycles. The zero-order valence-corrected chi connectivity index (χ0v) is 14.7. The summed E-state index contributed by atoms with van der Waals surface area (Å²) in [5.41, 5.74) is -0.0534. The molecule has 2 atom stereocenters. The van der Waals surface area contributed by atoms with Gasteiger partial charge in [0.25, 0.3) is 0 Å². The fourth-order valence-corrected chi connectivity index (χ4v) is 2.84. The highest BCUT2D eigenvalue weighted by molar-refractivity contribution is 5.96. The molecule has 0 N–H and O–H groups in total. The quantitative estimate of drug-likeness (QED) is 0.795. The minimum Gasteiger partial charge on any atom is -0.483 e. The van der Waals surface area contributed by atoms with Crippen molar-refractivity contribution < 1.29 is 18.7 Å². The van der Waals surface area contributed by atoms with Gasteiger partial charge in [-0.15, -0.1) is 0 Å². The maximum absolute atomic E-state index is 13.9. The molecule has 24 heavy (non-hydrogen) atoms. The number of nitrogens with zero attached hydrogens (tertiary/aromatic N) is 2. The van der Waals surface area contributed by atoms with Crippen LogP contribution in [0.15, 0.2) is 28.2 Å². The summed E-state index contributed by atoms with van der Waals surface area (Å²) in [6.45, 7) is 5.94. The molecule has 130 valence electrons. The summed E-state index contributed by atoms with van der Waals surface area (Å²) < 4.78 is 24.7. The molecule has 0 spiro atoms. The van der Waals surface area contributed by atoms with Crippen molar-refractivity contribution in [2.24, 2.45) is 15.9 Å². The van der Waals surface area contributed by atoms with E-state index in [0.29, 0.717) is 30.1 Å². The van der Waals surface area contributed by atoms with Gasteiger partial charge in [-0.3, -0.25) is 4.79 Å². The second kappa shape index (κ2) is 7.11. The number of carbonyl (C=O) groups is 1. The molecule has 0 radical (unpaired) electrons. The average molecular weight is 334 g/mol. The van der Waals surface area contributed by atoms with E-state index in [2.05, 4.69) is 4.99 Å². The molecule has 5 nitrogen and oxygen atoms in total. The van der Waals surface area contributed by atoms with Gasteiger partial charge in [0.1, 0.15) is 17.4 Å². The van der Waals surface area contributed by atoms with Crippen LogP contribution in [0.1, 0.15) is 36.7 Å². The molecule has 0 amide bonds. The lowest BCUT2D eigenvalue weighted by Crippen LogP contribution is -2.46. The van der Waals surface area contributed by atoms with Crippen molar-refractivity contribution in [3.8, 4) is 0 Å². The highest BCUT2D eigenvalue weighted by Crippen LogP contribution is 2.28. The highest BCUT2D eigenvalue weighted by atomic mass is 19.1. The van der Waals surface area contributed by atoms with Gasteiger partial charge in [-0.2, -0.15) is 0 Å². The van der Waals surface area contributed by atoms with E-state index in [1.165, 1.54) is 12.1 Å². The van der Waals surface area contributed by atoms with E-state index in [4.69, 9.17) is 14.5 Å². The number of carbonyl (C=O) groups excluding carboxylic acids is 1. The van der Waals surface area contributed by atoms with Crippen molar-refractivity contribution in [3.63, 3.8) is 0 Å². The van der Waals surface area contributed by atoms with Gasteiger partial charge in [-0.1, -0.05) is 19.9 Å². The molecule has 0 unspecified atom stereocenters. The summed E-state index contributed by atoms with van der Waals surface area (Å²) in [4.78, 5) is 20.1. The van der Waals surface area contributed by atoms with E-state index in [0.717, 1.165) is 0 Å². The molecule has 1 aliphatic rings. The zero-order valence-electron chi connectivity index (χ0n) is 14.7. The Morgan fingerprint density at radius 3 is 2.54 bits per heavy atom. The number of hydrogen-bond acceptors (Lipinski definition) is 5. The Morgan fingerprint density at radius 2 is 2.04 bits per heavy atom. The first-order valence-electron chi connectivity index (χ1n) is 7.84. The van der Waals surface area contributed by atoms with Crippen molar-refractivity contribution in [1.29, 1.82) is 0 Å². The molecule has 0 aromatic heterocycles. The maximum Gasteiger partial charge on any atom is 0.212 e. The minimum atomic E-state index is -0.791. The SMILES string of the molecule is COC1=N[C@](C)(Cc2ccc(C=O)c(F)c2)C(OC)=N[C@@H]1C(C)C. The fraction of sp³-hybridized carbons (Fsp3) is 0.500. The lowest BCUT2D eigenvalue weighted by molar-refractivity contribution is 0.112. The van der Waals surface area contributed by atoms with Gasteiger partial charge in [0, 0.05) is 6.42 Å². The smallest absolute Gasteiger partial charge is 0.212 e. The number of aldehydes is 1. The molecule has 1 aromatic rings. The summed E-state index contributed by atoms with van der Waals surface area (Å²) in [7, 11) is 3.12. The highest BCUT2D eigenvalue weighted by Gasteiger charge is 2.40. The van der Waals surface area contributed by atoms with Crippen molar-refractivity contribution in [2.45, 2.75) is 38.8 Å². The van der Waals surface area contributed by atoms with Crippen LogP contribution in [0.4, 0.5) is 4.39 Å². The summed E-state index contributed by atoms with van der Waals surface area (Å²) in [5, 5.41) is 0. The predicted molar refractivity (Wildman–Crippen MR) is 91.4 cm³/mol. The predicted octanol–water partition coefficient (Wildman–Crippen LogP) is 3.07. The number of methoxy groups -OCH3 is 2. The molecule has 0 fully saturated rings. The zero-order chi connectivity index (χ0) is 17.9. The van der Waals surface area contributed by atoms with Crippen molar-refractivity contribution in [2.75, 3.05) is 14.2 Å². The molecule has 1 heterocycles. The molecule has 0 saturated heterocycles. The van der Waals surface area contributed by atoms with E-state index in [-0.39, 0.29) is 17.5 Å². The summed E-state index contributed by atoms with van der Waals surface area (Å²) in [6.07, 6.45) is 0.880. The Balaban J connectivity index is 2.39. The van der Waals surface area contributed by atoms with Gasteiger partial charge < -0.3 is 9.47 Å². The molecule has 0 saturated carbocycles. The number of hydrogen-bond donors (Lipinski definition) is 0. The Hall–Kier alpha value is -2.24. The number of benzene rings is 1. The third-order valence-corrected chi connectivity index (χ3v) is 4.10. The molecule has 0 bridgehead atoms. The van der Waals surface area contributed by atoms with Crippen molar-refractivity contribution in [1.82, 2.24) is 0 Å². The first-order valence-corrected chi connectivity index (χ1v) is 7.84. The van der Waals surface area contributed by atoms with Crippen LogP contribution in [0, 0.1) is 11.7 Å². The van der Waals surface area contributed by atoms with Crippen molar-refractivity contribution >= 4 is 18.1 Å². The van der Waals surface area contributed by atoms with Crippen LogP contribution < -0.4 is 0 Å². The third kappa shape index (κ3) is 3.47. The molecule has 1 aromatic carbocycles. The van der Waals surface area contributed by atoms with E-state index in [1.54, 1.807) is 20.3 Å². The first-order chi connectivity index (χ1) is 11.3. The van der Waals surface area contributed by atoms with E-state index in [1.807, 2.05) is 20.8 Å². The Labute approximate surface area is 141 Å². The largest absolute Gasteiger partial charge is 0.483 e. The topological polar surface area (TPSA) is 60.2 Å². The maximum atomic E-state index is 13.9. The number of ether oxygens (including phenoxy) is 2. The van der Waals surface area contributed by atoms with Crippen LogP contribution in [0.25, 0.3) is 0 Å². The van der Waals surface area contributed by atoms with E-state index < -0.39 is 11.4 Å². The standard InChI is InChI=1S/C18H23FN2O3/c1-11(2)15-16(23-4)21-18(3,17(20-15)24-5)9-12-6-7-13(10-22)14(19)8-12/h6-8,10-11,15H,9H2,1-5H3/t15-,18-/m1/s1. The minimum absolute atomic E-state index is 0.0362. The number of halogens is 1. The lowest BCUT2D eigenvalue weighted by Gasteiger charge is -2.33. The number of aliphatic imine (C=N–C) groups is 2. The van der Waals surface area contributed by atoms with E-state index in [9.17, 15) is 9.18 Å². The van der Waals surface area contributed by atoms with Gasteiger partial charge >= 0.3 is 0 Å². The first kappa shape index (κ1) is 18.1. The molecular weight excluding hydrogens is 311 g/mol. The molecule has 1 aliphatic heterocycles. The van der Waals surface area contributed by atoms with Crippen LogP contribution in [0.5, 0.6) is 0 Å². The fourth-order valence-electron chi connectivity index (χ4n) is 2.84. The Morgan fingerprint density at radius 1 is 1.33 bits per heavy atom. The van der Waals surface area contributed by atoms with Gasteiger partial charge in [-0.25, -0.2) is 14.4 Å². The Bertz CT molecular complexity index is 685. The summed E-state index contributed by atoms with van der Waals surface area (Å²) >= 11 is 0. The van der Waals surface area contributed by atoms with Crippen LogP contribution >= 0.6 is 0 Å². The van der Waals surface area contributed by atoms with Crippen LogP contribution in [0.3, 0.4) is 0 Å². The monoisotopic (exact) mass is 334 g/mol. The molecular formula is C18H23FN2O3. The molecule has 6 heteroatoms. The van der Waals surface area contributed by atoms with Crippen LogP contribution in [-0.2, 0) is 15.9 Å². The second-order valence-corrected chi connectivity index (χ2v) is 6.41. The third-order valence-electron chi connectivity index (χ3n) is 4.10. The van der Waals surface area contributed by atoms with Gasteiger partial charge in [0.05, 0.1) is 19.8 Å². The summed E-state index contributed by atoms with van der Waals surface area (Å²) in [5.74, 6) is 0.691. The van der Waals surface area contributed by atoms with Crippen LogP contribution in [-0.4, -0.2) is 43.9 Å². The van der Waals surface area contributed by atoms with Crippen molar-refractivity contribution in [3.05, 3.63) is 35.1 Å². The van der Waals surface area contributed by atoms with Gasteiger partial charge in [-0.05, 0) is 30.5 Å². The average Bonchev–Trinajstić information content (AvgIpc) is 2.54. The van der Waals surface area contributed by atoms with E-state index >= 15 is 0 Å². The van der Waals surface area contributed by atoms with Gasteiger partial charge in [0.15, 0.2) is 6.29 Å². The normalized spacial score (nSPS) is 23.5. The lowest BCUT2D eigenvalue weighted by atomic mass is 9.90. The Kier molecular flexibility index (Phi) is 5.36. The van der Waals surface area contributed by atoms with Gasteiger partial charge in [0.2, 0.25) is 11.8 Å². The molecule has 2 rings (SSSR count). The second-order valence-electron chi connectivity index (χ2n) is 6.41.